The molecule has 0 aliphatic carbocycles. The average Bonchev–Trinajstić information content (AvgIpc) is 2.71. The molecule has 0 heterocycles. The minimum absolute atomic E-state index is 0.270. The van der Waals surface area contributed by atoms with Gasteiger partial charge in [0, 0.05) is 18.5 Å². The summed E-state index contributed by atoms with van der Waals surface area (Å²) in [6, 6.07) is 17.1. The lowest BCUT2D eigenvalue weighted by Gasteiger charge is -2.18. The van der Waals surface area contributed by atoms with Gasteiger partial charge in [-0.2, -0.15) is 0 Å². The first-order chi connectivity index (χ1) is 13.5. The van der Waals surface area contributed by atoms with Gasteiger partial charge in [-0.3, -0.25) is 9.59 Å². The molecule has 2 N–H and O–H groups in total. The van der Waals surface area contributed by atoms with Crippen molar-refractivity contribution in [3.05, 3.63) is 71.8 Å². The van der Waals surface area contributed by atoms with Crippen LogP contribution in [0, 0.1) is 5.92 Å². The number of amides is 2. The molecule has 0 aromatic heterocycles. The fraction of sp³-hybridized carbons (Fsp3) is 0.318. The topological polar surface area (TPSA) is 84.5 Å². The summed E-state index contributed by atoms with van der Waals surface area (Å²) in [6.45, 7) is 4.08. The molecule has 6 heteroatoms. The minimum atomic E-state index is -0.895. The van der Waals surface area contributed by atoms with Crippen LogP contribution in [0.1, 0.15) is 29.8 Å². The van der Waals surface area contributed by atoms with Crippen LogP contribution in [-0.4, -0.2) is 37.0 Å². The largest absolute Gasteiger partial charge is 0.454 e. The number of esters is 1. The molecule has 0 bridgehead atoms. The van der Waals surface area contributed by atoms with Gasteiger partial charge in [-0.05, 0) is 23.6 Å². The summed E-state index contributed by atoms with van der Waals surface area (Å²) in [4.78, 5) is 36.8. The maximum atomic E-state index is 12.5. The van der Waals surface area contributed by atoms with Crippen LogP contribution in [0.2, 0.25) is 0 Å². The molecule has 2 amide bonds. The fourth-order valence-electron chi connectivity index (χ4n) is 2.48. The standard InChI is InChI=1S/C22H26N2O4/c1-16(2)14-23-20(25)15-28-22(27)19(13-17-9-5-3-6-10-17)24-21(26)18-11-7-4-8-12-18/h3-12,16,19H,13-15H2,1-2H3,(H,23,25)(H,24,26)/t19-/m0/s1. The Kier molecular flexibility index (Phi) is 8.21. The van der Waals surface area contributed by atoms with Crippen LogP contribution < -0.4 is 10.6 Å². The summed E-state index contributed by atoms with van der Waals surface area (Å²) >= 11 is 0. The highest BCUT2D eigenvalue weighted by Gasteiger charge is 2.24. The second-order valence-electron chi connectivity index (χ2n) is 6.89. The number of ether oxygens (including phenoxy) is 1. The second kappa shape index (κ2) is 10.9. The van der Waals surface area contributed by atoms with Crippen molar-refractivity contribution >= 4 is 17.8 Å². The van der Waals surface area contributed by atoms with E-state index in [9.17, 15) is 14.4 Å². The summed E-state index contributed by atoms with van der Waals surface area (Å²) < 4.78 is 5.14. The summed E-state index contributed by atoms with van der Waals surface area (Å²) in [5, 5.41) is 5.40. The number of nitrogens with one attached hydrogen (secondary N) is 2. The van der Waals surface area contributed by atoms with Crippen LogP contribution in [0.3, 0.4) is 0 Å². The first-order valence-electron chi connectivity index (χ1n) is 9.29. The van der Waals surface area contributed by atoms with E-state index in [1.165, 1.54) is 0 Å². The third-order valence-corrected chi connectivity index (χ3v) is 3.96. The molecule has 0 spiro atoms. The van der Waals surface area contributed by atoms with Gasteiger partial charge in [-0.25, -0.2) is 4.79 Å². The van der Waals surface area contributed by atoms with E-state index in [-0.39, 0.29) is 24.8 Å². The minimum Gasteiger partial charge on any atom is -0.454 e. The third-order valence-electron chi connectivity index (χ3n) is 3.96. The van der Waals surface area contributed by atoms with E-state index in [1.807, 2.05) is 50.2 Å². The fourth-order valence-corrected chi connectivity index (χ4v) is 2.48. The van der Waals surface area contributed by atoms with E-state index in [2.05, 4.69) is 10.6 Å². The van der Waals surface area contributed by atoms with Crippen LogP contribution in [0.15, 0.2) is 60.7 Å². The molecule has 6 nitrogen and oxygen atoms in total. The quantitative estimate of drug-likeness (QED) is 0.652. The van der Waals surface area contributed by atoms with Crippen molar-refractivity contribution in [2.24, 2.45) is 5.92 Å². The van der Waals surface area contributed by atoms with Gasteiger partial charge in [0.25, 0.3) is 11.8 Å². The molecule has 0 unspecified atom stereocenters. The zero-order chi connectivity index (χ0) is 20.4. The van der Waals surface area contributed by atoms with Gasteiger partial charge >= 0.3 is 5.97 Å². The Balaban J connectivity index is 2.01. The Hall–Kier alpha value is -3.15. The van der Waals surface area contributed by atoms with Gasteiger partial charge in [0.1, 0.15) is 6.04 Å². The number of carbonyl (C=O) groups excluding carboxylic acids is 3. The van der Waals surface area contributed by atoms with Crippen LogP contribution >= 0.6 is 0 Å². The van der Waals surface area contributed by atoms with Crippen molar-refractivity contribution in [1.29, 1.82) is 0 Å². The number of benzene rings is 2. The lowest BCUT2D eigenvalue weighted by atomic mass is 10.1. The van der Waals surface area contributed by atoms with Crippen molar-refractivity contribution in [3.8, 4) is 0 Å². The van der Waals surface area contributed by atoms with Crippen molar-refractivity contribution in [3.63, 3.8) is 0 Å². The molecule has 2 rings (SSSR count). The zero-order valence-corrected chi connectivity index (χ0v) is 16.2. The third kappa shape index (κ3) is 7.23. The van der Waals surface area contributed by atoms with Crippen molar-refractivity contribution in [2.45, 2.75) is 26.3 Å². The Morgan fingerprint density at radius 1 is 0.929 bits per heavy atom. The molecule has 0 aliphatic heterocycles. The number of rotatable bonds is 9. The SMILES string of the molecule is CC(C)CNC(=O)COC(=O)[C@H](Cc1ccccc1)NC(=O)c1ccccc1. The molecular formula is C22H26N2O4. The Morgan fingerprint density at radius 3 is 2.14 bits per heavy atom. The molecule has 0 saturated heterocycles. The zero-order valence-electron chi connectivity index (χ0n) is 16.2. The van der Waals surface area contributed by atoms with Crippen LogP contribution in [0.4, 0.5) is 0 Å². The van der Waals surface area contributed by atoms with Crippen LogP contribution in [-0.2, 0) is 20.7 Å². The molecule has 2 aromatic rings. The lowest BCUT2D eigenvalue weighted by molar-refractivity contribution is -0.150. The molecule has 28 heavy (non-hydrogen) atoms. The van der Waals surface area contributed by atoms with Gasteiger partial charge in [0.05, 0.1) is 0 Å². The maximum absolute atomic E-state index is 12.5. The summed E-state index contributed by atoms with van der Waals surface area (Å²) in [7, 11) is 0. The molecule has 1 atom stereocenters. The molecule has 0 radical (unpaired) electrons. The summed E-state index contributed by atoms with van der Waals surface area (Å²) in [5.41, 5.74) is 1.32. The normalized spacial score (nSPS) is 11.5. The Labute approximate surface area is 165 Å². The van der Waals surface area contributed by atoms with Crippen molar-refractivity contribution < 1.29 is 19.1 Å². The first kappa shape index (κ1) is 21.2. The maximum Gasteiger partial charge on any atom is 0.329 e. The second-order valence-corrected chi connectivity index (χ2v) is 6.89. The number of hydrogen-bond donors (Lipinski definition) is 2. The molecular weight excluding hydrogens is 356 g/mol. The van der Waals surface area contributed by atoms with Gasteiger partial charge < -0.3 is 15.4 Å². The molecule has 0 saturated carbocycles. The van der Waals surface area contributed by atoms with E-state index in [1.54, 1.807) is 24.3 Å². The van der Waals surface area contributed by atoms with Crippen molar-refractivity contribution in [1.82, 2.24) is 10.6 Å². The highest BCUT2D eigenvalue weighted by atomic mass is 16.5. The predicted molar refractivity (Wildman–Crippen MR) is 107 cm³/mol. The molecule has 2 aromatic carbocycles. The van der Waals surface area contributed by atoms with Crippen molar-refractivity contribution in [2.75, 3.05) is 13.2 Å². The first-order valence-corrected chi connectivity index (χ1v) is 9.29. The van der Waals surface area contributed by atoms with E-state index in [4.69, 9.17) is 4.74 Å². The van der Waals surface area contributed by atoms with Gasteiger partial charge in [-0.1, -0.05) is 62.4 Å². The van der Waals surface area contributed by atoms with E-state index in [0.717, 1.165) is 5.56 Å². The van der Waals surface area contributed by atoms with E-state index in [0.29, 0.717) is 18.0 Å². The lowest BCUT2D eigenvalue weighted by Crippen LogP contribution is -2.44. The van der Waals surface area contributed by atoms with Gasteiger partial charge in [0.15, 0.2) is 6.61 Å². The summed E-state index contributed by atoms with van der Waals surface area (Å²) in [6.07, 6.45) is 0.270. The highest BCUT2D eigenvalue weighted by molar-refractivity contribution is 5.97. The highest BCUT2D eigenvalue weighted by Crippen LogP contribution is 2.07. The summed E-state index contributed by atoms with van der Waals surface area (Å²) in [5.74, 6) is -1.08. The average molecular weight is 382 g/mol. The molecule has 0 fully saturated rings. The van der Waals surface area contributed by atoms with Crippen LogP contribution in [0.25, 0.3) is 0 Å². The monoisotopic (exact) mass is 382 g/mol. The number of hydrogen-bond acceptors (Lipinski definition) is 4. The Morgan fingerprint density at radius 2 is 1.54 bits per heavy atom. The van der Waals surface area contributed by atoms with Crippen LogP contribution in [0.5, 0.6) is 0 Å². The molecule has 0 aliphatic rings. The smallest absolute Gasteiger partial charge is 0.329 e. The molecule has 148 valence electrons. The predicted octanol–water partition coefficient (Wildman–Crippen LogP) is 2.34. The Bertz CT molecular complexity index is 776. The van der Waals surface area contributed by atoms with Gasteiger partial charge in [-0.15, -0.1) is 0 Å². The van der Waals surface area contributed by atoms with E-state index < -0.39 is 12.0 Å². The van der Waals surface area contributed by atoms with Gasteiger partial charge in [0.2, 0.25) is 0 Å². The van der Waals surface area contributed by atoms with E-state index >= 15 is 0 Å². The number of carbonyl (C=O) groups is 3.